The number of nitrogens with two attached hydrogens (primary N) is 2. The molecule has 0 bridgehead atoms. The Kier molecular flexibility index (Phi) is 7.20. The van der Waals surface area contributed by atoms with Gasteiger partial charge in [0.05, 0.1) is 17.9 Å². The number of benzene rings is 1. The standard InChI is InChI=1S/C20H27N5O3/c1-5-27-20(26)15-6-8-17(9-7-15)28-12-18(21)13(2)25(4)11-16-10-23-14(3)24-19(16)22/h6-10H,5,11-12,21H2,1-4H3,(H2,22,23,24)/b18-13-. The van der Waals surface area contributed by atoms with Crippen molar-refractivity contribution >= 4 is 11.8 Å². The van der Waals surface area contributed by atoms with E-state index in [9.17, 15) is 4.79 Å². The van der Waals surface area contributed by atoms with Crippen LogP contribution in [0.3, 0.4) is 0 Å². The Hall–Kier alpha value is -3.29. The van der Waals surface area contributed by atoms with E-state index in [1.54, 1.807) is 44.3 Å². The fourth-order valence-corrected chi connectivity index (χ4v) is 2.42. The highest BCUT2D eigenvalue weighted by Gasteiger charge is 2.10. The van der Waals surface area contributed by atoms with E-state index in [1.807, 2.05) is 18.9 Å². The molecule has 0 aliphatic carbocycles. The van der Waals surface area contributed by atoms with E-state index in [1.165, 1.54) is 0 Å². The van der Waals surface area contributed by atoms with E-state index in [4.69, 9.17) is 20.9 Å². The van der Waals surface area contributed by atoms with Crippen LogP contribution in [-0.2, 0) is 11.3 Å². The lowest BCUT2D eigenvalue weighted by molar-refractivity contribution is 0.0526. The van der Waals surface area contributed by atoms with Gasteiger partial charge in [-0.25, -0.2) is 14.8 Å². The highest BCUT2D eigenvalue weighted by Crippen LogP contribution is 2.16. The molecule has 8 nitrogen and oxygen atoms in total. The van der Waals surface area contributed by atoms with Crippen molar-refractivity contribution in [3.05, 3.63) is 58.8 Å². The largest absolute Gasteiger partial charge is 0.487 e. The van der Waals surface area contributed by atoms with Gasteiger partial charge in [-0.15, -0.1) is 0 Å². The molecule has 0 spiro atoms. The first-order chi connectivity index (χ1) is 13.3. The van der Waals surface area contributed by atoms with Crippen LogP contribution in [0.5, 0.6) is 5.75 Å². The number of ether oxygens (including phenoxy) is 2. The molecule has 4 N–H and O–H groups in total. The van der Waals surface area contributed by atoms with Gasteiger partial charge in [0.25, 0.3) is 0 Å². The third kappa shape index (κ3) is 5.60. The molecule has 1 heterocycles. The Morgan fingerprint density at radius 3 is 2.54 bits per heavy atom. The van der Waals surface area contributed by atoms with E-state index in [2.05, 4.69) is 9.97 Å². The maximum atomic E-state index is 11.7. The summed E-state index contributed by atoms with van der Waals surface area (Å²) in [6, 6.07) is 6.74. The Balaban J connectivity index is 1.96. The summed E-state index contributed by atoms with van der Waals surface area (Å²) in [6.45, 7) is 6.56. The molecule has 0 aliphatic heterocycles. The van der Waals surface area contributed by atoms with Crippen molar-refractivity contribution in [3.63, 3.8) is 0 Å². The second kappa shape index (κ2) is 9.59. The van der Waals surface area contributed by atoms with Crippen molar-refractivity contribution < 1.29 is 14.3 Å². The van der Waals surface area contributed by atoms with Crippen molar-refractivity contribution in [2.75, 3.05) is 26.0 Å². The lowest BCUT2D eigenvalue weighted by atomic mass is 10.2. The summed E-state index contributed by atoms with van der Waals surface area (Å²) in [6.07, 6.45) is 1.72. The molecule has 1 aromatic heterocycles. The highest BCUT2D eigenvalue weighted by atomic mass is 16.5. The van der Waals surface area contributed by atoms with Gasteiger partial charge in [-0.2, -0.15) is 0 Å². The first kappa shape index (κ1) is 21.0. The molecule has 0 saturated carbocycles. The van der Waals surface area contributed by atoms with Gasteiger partial charge in [-0.1, -0.05) is 0 Å². The third-order valence-electron chi connectivity index (χ3n) is 4.22. The molecule has 0 saturated heterocycles. The van der Waals surface area contributed by atoms with Gasteiger partial charge in [0.1, 0.15) is 24.0 Å². The van der Waals surface area contributed by atoms with Gasteiger partial charge < -0.3 is 25.8 Å². The fourth-order valence-electron chi connectivity index (χ4n) is 2.42. The van der Waals surface area contributed by atoms with Crippen LogP contribution < -0.4 is 16.2 Å². The Morgan fingerprint density at radius 2 is 1.93 bits per heavy atom. The average Bonchev–Trinajstić information content (AvgIpc) is 2.68. The summed E-state index contributed by atoms with van der Waals surface area (Å²) in [5, 5.41) is 0. The first-order valence-electron chi connectivity index (χ1n) is 8.96. The summed E-state index contributed by atoms with van der Waals surface area (Å²) < 4.78 is 10.7. The molecule has 0 fully saturated rings. The Bertz CT molecular complexity index is 849. The van der Waals surface area contributed by atoms with Gasteiger partial charge in [0.15, 0.2) is 0 Å². The minimum Gasteiger partial charge on any atom is -0.487 e. The van der Waals surface area contributed by atoms with Crippen molar-refractivity contribution in [2.24, 2.45) is 5.73 Å². The Labute approximate surface area is 165 Å². The van der Waals surface area contributed by atoms with Gasteiger partial charge >= 0.3 is 5.97 Å². The number of aromatic nitrogens is 2. The summed E-state index contributed by atoms with van der Waals surface area (Å²) in [4.78, 5) is 22.0. The number of rotatable bonds is 8. The van der Waals surface area contributed by atoms with Crippen LogP contribution in [0.15, 0.2) is 41.9 Å². The zero-order valence-electron chi connectivity index (χ0n) is 16.7. The zero-order chi connectivity index (χ0) is 20.7. The van der Waals surface area contributed by atoms with Crippen LogP contribution in [0.4, 0.5) is 5.82 Å². The molecular formula is C20H27N5O3. The zero-order valence-corrected chi connectivity index (χ0v) is 16.7. The molecule has 0 aliphatic rings. The van der Waals surface area contributed by atoms with Crippen molar-refractivity contribution in [3.8, 4) is 5.75 Å². The molecule has 8 heteroatoms. The SMILES string of the molecule is CCOC(=O)c1ccc(OC/C(N)=C(\C)N(C)Cc2cnc(C)nc2N)cc1. The number of anilines is 1. The van der Waals surface area contributed by atoms with Crippen LogP contribution in [0.1, 0.15) is 35.6 Å². The maximum Gasteiger partial charge on any atom is 0.338 e. The maximum absolute atomic E-state index is 11.7. The van der Waals surface area contributed by atoms with Crippen LogP contribution in [0, 0.1) is 6.92 Å². The lowest BCUT2D eigenvalue weighted by Crippen LogP contribution is -2.23. The summed E-state index contributed by atoms with van der Waals surface area (Å²) >= 11 is 0. The molecule has 2 rings (SSSR count). The summed E-state index contributed by atoms with van der Waals surface area (Å²) in [5.41, 5.74) is 14.9. The summed E-state index contributed by atoms with van der Waals surface area (Å²) in [7, 11) is 1.91. The number of nitrogens with zero attached hydrogens (tertiary/aromatic N) is 3. The fraction of sp³-hybridized carbons (Fsp3) is 0.350. The number of hydrogen-bond donors (Lipinski definition) is 2. The molecule has 0 radical (unpaired) electrons. The average molecular weight is 385 g/mol. The van der Waals surface area contributed by atoms with Gasteiger partial charge in [-0.05, 0) is 45.0 Å². The summed E-state index contributed by atoms with van der Waals surface area (Å²) in [5.74, 6) is 1.36. The minimum absolute atomic E-state index is 0.217. The van der Waals surface area contributed by atoms with Crippen LogP contribution in [0.25, 0.3) is 0 Å². The number of allylic oxidation sites excluding steroid dienone is 1. The van der Waals surface area contributed by atoms with Gasteiger partial charge in [0, 0.05) is 31.0 Å². The number of esters is 1. The van der Waals surface area contributed by atoms with Crippen molar-refractivity contribution in [1.82, 2.24) is 14.9 Å². The number of nitrogen functional groups attached to an aromatic ring is 1. The number of hydrogen-bond acceptors (Lipinski definition) is 8. The predicted molar refractivity (Wildman–Crippen MR) is 107 cm³/mol. The third-order valence-corrected chi connectivity index (χ3v) is 4.22. The molecule has 150 valence electrons. The molecule has 1 aromatic carbocycles. The van der Waals surface area contributed by atoms with Crippen LogP contribution >= 0.6 is 0 Å². The Morgan fingerprint density at radius 1 is 1.25 bits per heavy atom. The van der Waals surface area contributed by atoms with Gasteiger partial charge in [0.2, 0.25) is 0 Å². The number of carbonyl (C=O) groups is 1. The molecule has 0 amide bonds. The molecule has 0 unspecified atom stereocenters. The highest BCUT2D eigenvalue weighted by molar-refractivity contribution is 5.89. The number of aryl methyl sites for hydroxylation is 1. The monoisotopic (exact) mass is 385 g/mol. The van der Waals surface area contributed by atoms with Crippen molar-refractivity contribution in [1.29, 1.82) is 0 Å². The minimum atomic E-state index is -0.356. The van der Waals surface area contributed by atoms with Gasteiger partial charge in [-0.3, -0.25) is 0 Å². The molecular weight excluding hydrogens is 358 g/mol. The number of carbonyl (C=O) groups excluding carboxylic acids is 1. The van der Waals surface area contributed by atoms with E-state index in [0.717, 1.165) is 11.3 Å². The molecule has 28 heavy (non-hydrogen) atoms. The van der Waals surface area contributed by atoms with Crippen LogP contribution in [-0.4, -0.2) is 41.1 Å². The predicted octanol–water partition coefficient (Wildman–Crippen LogP) is 2.24. The van der Waals surface area contributed by atoms with E-state index in [-0.39, 0.29) is 12.6 Å². The molecule has 2 aromatic rings. The second-order valence-electron chi connectivity index (χ2n) is 6.33. The first-order valence-corrected chi connectivity index (χ1v) is 8.96. The van der Waals surface area contributed by atoms with Crippen molar-refractivity contribution in [2.45, 2.75) is 27.3 Å². The topological polar surface area (TPSA) is 117 Å². The normalized spacial score (nSPS) is 11.6. The lowest BCUT2D eigenvalue weighted by Gasteiger charge is -2.22. The second-order valence-corrected chi connectivity index (χ2v) is 6.33. The smallest absolute Gasteiger partial charge is 0.338 e. The van der Waals surface area contributed by atoms with Crippen LogP contribution in [0.2, 0.25) is 0 Å². The van der Waals surface area contributed by atoms with E-state index >= 15 is 0 Å². The van der Waals surface area contributed by atoms with E-state index in [0.29, 0.717) is 41.8 Å². The quantitative estimate of drug-likeness (QED) is 0.665. The van der Waals surface area contributed by atoms with E-state index < -0.39 is 0 Å². The molecule has 0 atom stereocenters.